The van der Waals surface area contributed by atoms with Crippen molar-refractivity contribution in [3.8, 4) is 0 Å². The highest BCUT2D eigenvalue weighted by molar-refractivity contribution is 5.87. The number of likely N-dealkylation sites (N-methyl/N-ethyl adjacent to an activating group) is 1. The Balaban J connectivity index is 1.78. The molecule has 2 saturated carbocycles. The molecule has 3 atom stereocenters. The number of benzene rings is 1. The minimum absolute atomic E-state index is 0.00757. The standard InChI is InChI=1S/C36H59N3O5/c1-26(2)21-31(40)35(44)30(22-27-13-9-7-10-14-27)39(23-28-17-18-28)33(42)20-19-32(41)38(24-34(43)37(5)6)25-36(3,4)29-15-11-8-12-16-29/h8,11-12,15-16,26-28,30-31,35,40,44H,7,9-10,13-14,17-25H2,1-6H3/t30-,31-,35+/m0/s1. The molecule has 1 aromatic rings. The van der Waals surface area contributed by atoms with Crippen LogP contribution in [0.4, 0.5) is 0 Å². The smallest absolute Gasteiger partial charge is 0.241 e. The molecule has 0 aliphatic heterocycles. The first kappa shape index (κ1) is 36.0. The lowest BCUT2D eigenvalue weighted by molar-refractivity contribution is -0.144. The molecule has 0 spiro atoms. The average Bonchev–Trinajstić information content (AvgIpc) is 3.81. The van der Waals surface area contributed by atoms with Gasteiger partial charge in [-0.25, -0.2) is 0 Å². The van der Waals surface area contributed by atoms with Crippen molar-refractivity contribution in [1.82, 2.24) is 14.7 Å². The van der Waals surface area contributed by atoms with E-state index in [4.69, 9.17) is 0 Å². The summed E-state index contributed by atoms with van der Waals surface area (Å²) in [5.41, 5.74) is 0.675. The lowest BCUT2D eigenvalue weighted by Crippen LogP contribution is -2.53. The number of carbonyl (C=O) groups excluding carboxylic acids is 3. The summed E-state index contributed by atoms with van der Waals surface area (Å²) in [5.74, 6) is 0.489. The second kappa shape index (κ2) is 16.7. The van der Waals surface area contributed by atoms with Gasteiger partial charge in [-0.1, -0.05) is 90.1 Å². The van der Waals surface area contributed by atoms with Gasteiger partial charge in [0.1, 0.15) is 6.10 Å². The van der Waals surface area contributed by atoms with E-state index in [2.05, 4.69) is 13.8 Å². The highest BCUT2D eigenvalue weighted by Crippen LogP contribution is 2.35. The molecule has 2 N–H and O–H groups in total. The molecule has 1 aromatic carbocycles. The van der Waals surface area contributed by atoms with Crippen LogP contribution in [0.1, 0.15) is 104 Å². The minimum Gasteiger partial charge on any atom is -0.390 e. The van der Waals surface area contributed by atoms with E-state index < -0.39 is 23.7 Å². The molecule has 2 aliphatic carbocycles. The number of hydrogen-bond donors (Lipinski definition) is 2. The lowest BCUT2D eigenvalue weighted by atomic mass is 9.81. The zero-order valence-corrected chi connectivity index (χ0v) is 28.2. The third-order valence-corrected chi connectivity index (χ3v) is 9.55. The first-order chi connectivity index (χ1) is 20.8. The van der Waals surface area contributed by atoms with Gasteiger partial charge < -0.3 is 24.9 Å². The van der Waals surface area contributed by atoms with Gasteiger partial charge in [0, 0.05) is 45.4 Å². The highest BCUT2D eigenvalue weighted by Gasteiger charge is 2.39. The number of aliphatic hydroxyl groups is 2. The number of hydrogen-bond acceptors (Lipinski definition) is 5. The number of amides is 3. The van der Waals surface area contributed by atoms with Crippen LogP contribution in [0.3, 0.4) is 0 Å². The first-order valence-electron chi connectivity index (χ1n) is 17.0. The van der Waals surface area contributed by atoms with Gasteiger partial charge in [-0.05, 0) is 49.0 Å². The largest absolute Gasteiger partial charge is 0.390 e. The summed E-state index contributed by atoms with van der Waals surface area (Å²) in [5, 5.41) is 22.5. The molecule has 0 bridgehead atoms. The molecule has 248 valence electrons. The maximum atomic E-state index is 14.0. The van der Waals surface area contributed by atoms with E-state index in [1.165, 1.54) is 11.3 Å². The van der Waals surface area contributed by atoms with Gasteiger partial charge in [-0.2, -0.15) is 0 Å². The fourth-order valence-electron chi connectivity index (χ4n) is 6.61. The Morgan fingerprint density at radius 3 is 2.05 bits per heavy atom. The third kappa shape index (κ3) is 11.2. The molecule has 0 aromatic heterocycles. The van der Waals surface area contributed by atoms with E-state index in [-0.39, 0.29) is 43.0 Å². The second-order valence-corrected chi connectivity index (χ2v) is 14.8. The Morgan fingerprint density at radius 2 is 1.48 bits per heavy atom. The van der Waals surface area contributed by atoms with Gasteiger partial charge in [0.25, 0.3) is 0 Å². The molecule has 0 saturated heterocycles. The average molecular weight is 614 g/mol. The van der Waals surface area contributed by atoms with Gasteiger partial charge in [0.05, 0.1) is 18.7 Å². The predicted octanol–water partition coefficient (Wildman–Crippen LogP) is 5.01. The zero-order valence-electron chi connectivity index (χ0n) is 28.2. The van der Waals surface area contributed by atoms with Crippen molar-refractivity contribution in [2.75, 3.05) is 33.7 Å². The van der Waals surface area contributed by atoms with Crippen LogP contribution in [0.2, 0.25) is 0 Å². The van der Waals surface area contributed by atoms with Crippen LogP contribution in [-0.2, 0) is 19.8 Å². The van der Waals surface area contributed by atoms with Crippen molar-refractivity contribution in [2.45, 2.75) is 122 Å². The SMILES string of the molecule is CC(C)C[C@H](O)[C@H](O)[C@H](CC1CCCCC1)N(CC1CC1)C(=O)CCC(=O)N(CC(=O)N(C)C)CC(C)(C)c1ccccc1. The summed E-state index contributed by atoms with van der Waals surface area (Å²) < 4.78 is 0. The van der Waals surface area contributed by atoms with E-state index in [0.717, 1.165) is 44.1 Å². The van der Waals surface area contributed by atoms with Crippen molar-refractivity contribution >= 4 is 17.7 Å². The summed E-state index contributed by atoms with van der Waals surface area (Å²) in [6, 6.07) is 9.48. The Bertz CT molecular complexity index is 1050. The summed E-state index contributed by atoms with van der Waals surface area (Å²) in [7, 11) is 3.36. The number of rotatable bonds is 17. The van der Waals surface area contributed by atoms with Gasteiger partial charge >= 0.3 is 0 Å². The van der Waals surface area contributed by atoms with Crippen LogP contribution in [0.25, 0.3) is 0 Å². The lowest BCUT2D eigenvalue weighted by Gasteiger charge is -2.40. The third-order valence-electron chi connectivity index (χ3n) is 9.55. The summed E-state index contributed by atoms with van der Waals surface area (Å²) in [4.78, 5) is 45.4. The van der Waals surface area contributed by atoms with Crippen molar-refractivity contribution in [1.29, 1.82) is 0 Å². The topological polar surface area (TPSA) is 101 Å². The molecule has 44 heavy (non-hydrogen) atoms. The normalized spacial score (nSPS) is 18.0. The minimum atomic E-state index is -1.03. The monoisotopic (exact) mass is 613 g/mol. The number of carbonyl (C=O) groups is 3. The Hall–Kier alpha value is -2.45. The van der Waals surface area contributed by atoms with Gasteiger partial charge in [0.15, 0.2) is 0 Å². The molecular weight excluding hydrogens is 554 g/mol. The summed E-state index contributed by atoms with van der Waals surface area (Å²) in [6.45, 7) is 9.02. The fraction of sp³-hybridized carbons (Fsp3) is 0.750. The molecular formula is C36H59N3O5. The van der Waals surface area contributed by atoms with Crippen LogP contribution < -0.4 is 0 Å². The zero-order chi connectivity index (χ0) is 32.4. The van der Waals surface area contributed by atoms with E-state index >= 15 is 0 Å². The molecule has 0 radical (unpaired) electrons. The van der Waals surface area contributed by atoms with Crippen LogP contribution in [0.15, 0.2) is 30.3 Å². The van der Waals surface area contributed by atoms with Crippen LogP contribution >= 0.6 is 0 Å². The van der Waals surface area contributed by atoms with Crippen LogP contribution in [-0.4, -0.2) is 94.6 Å². The van der Waals surface area contributed by atoms with E-state index in [1.807, 2.05) is 49.1 Å². The highest BCUT2D eigenvalue weighted by atomic mass is 16.3. The van der Waals surface area contributed by atoms with Crippen molar-refractivity contribution in [3.63, 3.8) is 0 Å². The summed E-state index contributed by atoms with van der Waals surface area (Å²) >= 11 is 0. The summed E-state index contributed by atoms with van der Waals surface area (Å²) in [6.07, 6.45) is 7.03. The molecule has 2 aliphatic rings. The van der Waals surface area contributed by atoms with Crippen molar-refractivity contribution in [2.24, 2.45) is 17.8 Å². The Labute approximate surface area is 266 Å². The first-order valence-corrected chi connectivity index (χ1v) is 17.0. The predicted molar refractivity (Wildman–Crippen MR) is 175 cm³/mol. The van der Waals surface area contributed by atoms with E-state index in [1.54, 1.807) is 19.0 Å². The van der Waals surface area contributed by atoms with Gasteiger partial charge in [0.2, 0.25) is 17.7 Å². The van der Waals surface area contributed by atoms with E-state index in [0.29, 0.717) is 37.8 Å². The Kier molecular flexibility index (Phi) is 13.7. The maximum Gasteiger partial charge on any atom is 0.241 e. The van der Waals surface area contributed by atoms with Crippen molar-refractivity contribution in [3.05, 3.63) is 35.9 Å². The van der Waals surface area contributed by atoms with Gasteiger partial charge in [-0.15, -0.1) is 0 Å². The van der Waals surface area contributed by atoms with E-state index in [9.17, 15) is 24.6 Å². The molecule has 0 unspecified atom stereocenters. The van der Waals surface area contributed by atoms with Gasteiger partial charge in [-0.3, -0.25) is 14.4 Å². The fourth-order valence-corrected chi connectivity index (χ4v) is 6.61. The van der Waals surface area contributed by atoms with Crippen LogP contribution in [0.5, 0.6) is 0 Å². The second-order valence-electron chi connectivity index (χ2n) is 14.8. The number of nitrogens with zero attached hydrogens (tertiary/aromatic N) is 3. The molecule has 3 amide bonds. The van der Waals surface area contributed by atoms with Crippen molar-refractivity contribution < 1.29 is 24.6 Å². The molecule has 3 rings (SSSR count). The Morgan fingerprint density at radius 1 is 0.864 bits per heavy atom. The maximum absolute atomic E-state index is 14.0. The molecule has 8 heteroatoms. The quantitative estimate of drug-likeness (QED) is 0.257. The van der Waals surface area contributed by atoms with Crippen LogP contribution in [0, 0.1) is 17.8 Å². The number of aliphatic hydroxyl groups excluding tert-OH is 2. The molecule has 2 fully saturated rings. The molecule has 8 nitrogen and oxygen atoms in total. The molecule has 0 heterocycles.